The fraction of sp³-hybridized carbons (Fsp3) is 0.174. The van der Waals surface area contributed by atoms with Gasteiger partial charge in [-0.25, -0.2) is 4.79 Å². The number of rotatable bonds is 8. The van der Waals surface area contributed by atoms with E-state index in [0.717, 1.165) is 10.7 Å². The molecule has 1 aromatic heterocycles. The molecule has 0 radical (unpaired) electrons. The minimum absolute atomic E-state index is 0.0713. The molecule has 0 aliphatic rings. The first-order valence-electron chi connectivity index (χ1n) is 9.90. The van der Waals surface area contributed by atoms with Crippen LogP contribution >= 0.6 is 11.6 Å². The van der Waals surface area contributed by atoms with E-state index in [4.69, 9.17) is 21.1 Å². The van der Waals surface area contributed by atoms with E-state index in [2.05, 4.69) is 10.4 Å². The zero-order valence-electron chi connectivity index (χ0n) is 17.8. The highest BCUT2D eigenvalue weighted by Crippen LogP contribution is 2.21. The maximum Gasteiger partial charge on any atom is 0.362 e. The summed E-state index contributed by atoms with van der Waals surface area (Å²) in [5, 5.41) is 6.92. The Morgan fingerprint density at radius 1 is 1.09 bits per heavy atom. The molecule has 3 aromatic rings. The molecular formula is C23H20ClN3O6. The van der Waals surface area contributed by atoms with Crippen LogP contribution in [0.1, 0.15) is 34.7 Å². The average Bonchev–Trinajstić information content (AvgIpc) is 2.79. The molecule has 9 nitrogen and oxygen atoms in total. The highest BCUT2D eigenvalue weighted by Gasteiger charge is 2.21. The quantitative estimate of drug-likeness (QED) is 0.397. The van der Waals surface area contributed by atoms with E-state index in [1.807, 2.05) is 0 Å². The number of hydrogen-bond acceptors (Lipinski definition) is 7. The van der Waals surface area contributed by atoms with Crippen molar-refractivity contribution < 1.29 is 23.9 Å². The second-order valence-electron chi connectivity index (χ2n) is 6.75. The van der Waals surface area contributed by atoms with Gasteiger partial charge in [0.05, 0.1) is 23.4 Å². The van der Waals surface area contributed by atoms with Crippen molar-refractivity contribution in [2.75, 3.05) is 18.5 Å². The van der Waals surface area contributed by atoms with Gasteiger partial charge in [-0.15, -0.1) is 0 Å². The number of anilines is 1. The number of benzene rings is 2. The van der Waals surface area contributed by atoms with Gasteiger partial charge in [0.25, 0.3) is 11.5 Å². The van der Waals surface area contributed by atoms with Gasteiger partial charge in [0.2, 0.25) is 5.69 Å². The van der Waals surface area contributed by atoms with Gasteiger partial charge in [-0.05, 0) is 50.2 Å². The highest BCUT2D eigenvalue weighted by atomic mass is 35.5. The van der Waals surface area contributed by atoms with Crippen molar-refractivity contribution in [1.82, 2.24) is 9.78 Å². The summed E-state index contributed by atoms with van der Waals surface area (Å²) < 4.78 is 11.4. The molecule has 1 heterocycles. The summed E-state index contributed by atoms with van der Waals surface area (Å²) >= 11 is 6.15. The van der Waals surface area contributed by atoms with Gasteiger partial charge in [0.1, 0.15) is 0 Å². The molecule has 0 fully saturated rings. The third-order valence-corrected chi connectivity index (χ3v) is 4.70. The summed E-state index contributed by atoms with van der Waals surface area (Å²) in [6.07, 6.45) is 0. The molecule has 1 amide bonds. The second-order valence-corrected chi connectivity index (χ2v) is 7.16. The van der Waals surface area contributed by atoms with Crippen molar-refractivity contribution >= 4 is 34.9 Å². The zero-order valence-corrected chi connectivity index (χ0v) is 18.6. The summed E-state index contributed by atoms with van der Waals surface area (Å²) in [6, 6.07) is 13.8. The molecule has 0 aliphatic carbocycles. The molecule has 3 rings (SSSR count). The van der Waals surface area contributed by atoms with Crippen molar-refractivity contribution in [3.63, 3.8) is 0 Å². The standard InChI is InChI=1S/C23H20ClN3O6/c1-3-32-23(31)22-19(12-21(30)27(26-22)18-7-5-4-6-17(18)24)33-13-20(29)25-16-10-8-15(9-11-16)14(2)28/h4-12H,3,13H2,1-2H3,(H,25,29). The largest absolute Gasteiger partial charge is 0.481 e. The summed E-state index contributed by atoms with van der Waals surface area (Å²) in [5.41, 5.74) is 0.328. The Hall–Kier alpha value is -3.98. The maximum absolute atomic E-state index is 12.6. The van der Waals surface area contributed by atoms with Gasteiger partial charge in [0, 0.05) is 11.3 Å². The molecule has 10 heteroatoms. The Bertz CT molecular complexity index is 1250. The SMILES string of the molecule is CCOC(=O)c1nn(-c2ccccc2Cl)c(=O)cc1OCC(=O)Nc1ccc(C(C)=O)cc1. The molecule has 0 saturated carbocycles. The van der Waals surface area contributed by atoms with E-state index in [-0.39, 0.29) is 34.5 Å². The number of carbonyl (C=O) groups is 3. The Kier molecular flexibility index (Phi) is 7.57. The van der Waals surface area contributed by atoms with Crippen molar-refractivity contribution in [2.45, 2.75) is 13.8 Å². The lowest BCUT2D eigenvalue weighted by atomic mass is 10.1. The number of ketones is 1. The van der Waals surface area contributed by atoms with Crippen LogP contribution in [0.2, 0.25) is 5.02 Å². The van der Waals surface area contributed by atoms with Gasteiger partial charge < -0.3 is 14.8 Å². The number of para-hydroxylation sites is 1. The second kappa shape index (κ2) is 10.6. The number of esters is 1. The number of amides is 1. The number of carbonyl (C=O) groups excluding carboxylic acids is 3. The minimum Gasteiger partial charge on any atom is -0.481 e. The molecule has 2 aromatic carbocycles. The first kappa shape index (κ1) is 23.7. The fourth-order valence-electron chi connectivity index (χ4n) is 2.82. The lowest BCUT2D eigenvalue weighted by Gasteiger charge is -2.13. The van der Waals surface area contributed by atoms with E-state index in [1.54, 1.807) is 55.5 Å². The molecular weight excluding hydrogens is 450 g/mol. The molecule has 0 bridgehead atoms. The van der Waals surface area contributed by atoms with Gasteiger partial charge in [-0.1, -0.05) is 23.7 Å². The van der Waals surface area contributed by atoms with E-state index >= 15 is 0 Å². The summed E-state index contributed by atoms with van der Waals surface area (Å²) in [7, 11) is 0. The van der Waals surface area contributed by atoms with Crippen molar-refractivity contribution in [2.24, 2.45) is 0 Å². The van der Waals surface area contributed by atoms with Crippen LogP contribution in [0, 0.1) is 0 Å². The van der Waals surface area contributed by atoms with Crippen molar-refractivity contribution in [3.8, 4) is 11.4 Å². The molecule has 33 heavy (non-hydrogen) atoms. The number of halogens is 1. The van der Waals surface area contributed by atoms with Gasteiger partial charge in [0.15, 0.2) is 18.1 Å². The lowest BCUT2D eigenvalue weighted by molar-refractivity contribution is -0.118. The highest BCUT2D eigenvalue weighted by molar-refractivity contribution is 6.32. The Morgan fingerprint density at radius 3 is 2.42 bits per heavy atom. The third kappa shape index (κ3) is 5.83. The van der Waals surface area contributed by atoms with E-state index in [0.29, 0.717) is 11.3 Å². The van der Waals surface area contributed by atoms with Gasteiger partial charge in [-0.3, -0.25) is 14.4 Å². The lowest BCUT2D eigenvalue weighted by Crippen LogP contribution is -2.27. The van der Waals surface area contributed by atoms with E-state index < -0.39 is 24.0 Å². The summed E-state index contributed by atoms with van der Waals surface area (Å²) in [4.78, 5) is 48.7. The van der Waals surface area contributed by atoms with Crippen LogP contribution in [0.3, 0.4) is 0 Å². The smallest absolute Gasteiger partial charge is 0.362 e. The van der Waals surface area contributed by atoms with E-state index in [1.165, 1.54) is 6.92 Å². The van der Waals surface area contributed by atoms with Crippen LogP contribution in [-0.2, 0) is 9.53 Å². The molecule has 0 aliphatic heterocycles. The third-order valence-electron chi connectivity index (χ3n) is 4.38. The van der Waals surface area contributed by atoms with Crippen LogP contribution in [-0.4, -0.2) is 40.7 Å². The Labute approximate surface area is 193 Å². The molecule has 0 spiro atoms. The van der Waals surface area contributed by atoms with Crippen molar-refractivity contribution in [1.29, 1.82) is 0 Å². The van der Waals surface area contributed by atoms with Crippen LogP contribution in [0.5, 0.6) is 5.75 Å². The molecule has 0 unspecified atom stereocenters. The van der Waals surface area contributed by atoms with Crippen LogP contribution in [0.4, 0.5) is 5.69 Å². The normalized spacial score (nSPS) is 10.4. The molecule has 1 N–H and O–H groups in total. The molecule has 0 atom stereocenters. The first-order chi connectivity index (χ1) is 15.8. The van der Waals surface area contributed by atoms with Crippen LogP contribution in [0.15, 0.2) is 59.4 Å². The number of nitrogens with one attached hydrogen (secondary N) is 1. The maximum atomic E-state index is 12.6. The van der Waals surface area contributed by atoms with Crippen LogP contribution in [0.25, 0.3) is 5.69 Å². The average molecular weight is 470 g/mol. The number of ether oxygens (including phenoxy) is 2. The minimum atomic E-state index is -0.825. The first-order valence-corrected chi connectivity index (χ1v) is 10.3. The summed E-state index contributed by atoms with van der Waals surface area (Å²) in [5.74, 6) is -1.67. The zero-order chi connectivity index (χ0) is 24.0. The Balaban J connectivity index is 1.82. The molecule has 170 valence electrons. The fourth-order valence-corrected chi connectivity index (χ4v) is 3.03. The Morgan fingerprint density at radius 2 is 1.79 bits per heavy atom. The number of nitrogens with zero attached hydrogens (tertiary/aromatic N) is 2. The topological polar surface area (TPSA) is 117 Å². The summed E-state index contributed by atoms with van der Waals surface area (Å²) in [6.45, 7) is 2.63. The predicted molar refractivity (Wildman–Crippen MR) is 121 cm³/mol. The predicted octanol–water partition coefficient (Wildman–Crippen LogP) is 3.28. The van der Waals surface area contributed by atoms with Gasteiger partial charge in [-0.2, -0.15) is 9.78 Å². The van der Waals surface area contributed by atoms with Crippen molar-refractivity contribution in [3.05, 3.63) is 81.2 Å². The number of Topliss-reactive ketones (excluding diaryl/α,β-unsaturated/α-hetero) is 1. The van der Waals surface area contributed by atoms with Crippen LogP contribution < -0.4 is 15.6 Å². The van der Waals surface area contributed by atoms with Gasteiger partial charge >= 0.3 is 5.97 Å². The number of hydrogen-bond donors (Lipinski definition) is 1. The molecule has 0 saturated heterocycles. The number of aromatic nitrogens is 2. The monoisotopic (exact) mass is 469 g/mol. The van der Waals surface area contributed by atoms with E-state index in [9.17, 15) is 19.2 Å².